The molecule has 1 atom stereocenters. The van der Waals surface area contributed by atoms with Gasteiger partial charge >= 0.3 is 0 Å². The molecule has 0 bridgehead atoms. The average Bonchev–Trinajstić information content (AvgIpc) is 3.50. The zero-order valence-corrected chi connectivity index (χ0v) is 18.9. The molecule has 3 aromatic heterocycles. The van der Waals surface area contributed by atoms with Gasteiger partial charge in [-0.3, -0.25) is 9.78 Å². The molecule has 0 aliphatic carbocycles. The number of hydrogen-bond donors (Lipinski definition) is 3. The Morgan fingerprint density at radius 3 is 2.76 bits per heavy atom. The highest BCUT2D eigenvalue weighted by Crippen LogP contribution is 2.36. The normalized spacial score (nSPS) is 16.0. The minimum atomic E-state index is -0.388. The Kier molecular flexibility index (Phi) is 5.81. The lowest BCUT2D eigenvalue weighted by molar-refractivity contribution is 0.0985. The first-order valence-corrected chi connectivity index (χ1v) is 11.0. The summed E-state index contributed by atoms with van der Waals surface area (Å²) in [6, 6.07) is 10.7. The van der Waals surface area contributed by atoms with Gasteiger partial charge in [0.15, 0.2) is 0 Å². The van der Waals surface area contributed by atoms with Crippen molar-refractivity contribution in [1.82, 2.24) is 25.0 Å². The second-order valence-electron chi connectivity index (χ2n) is 8.18. The predicted octanol–water partition coefficient (Wildman–Crippen LogP) is 3.98. The number of anilines is 3. The standard InChI is InChI=1S/C24H25FN8O/c1-15-14-34-10-9-33(15)23-12-18(19(13-26)24(30-23)29-22-6-7-27-31-22)17-4-3-16(11-20(17)25)21-5-8-28-32(21)2/h3-8,11-13,15,26H,9-10,14H2,1-2H3,(H2,27,29,30,31)/t15-/m1/s1. The van der Waals surface area contributed by atoms with Crippen molar-refractivity contribution in [2.45, 2.75) is 13.0 Å². The molecule has 174 valence electrons. The van der Waals surface area contributed by atoms with Crippen LogP contribution < -0.4 is 10.2 Å². The number of ether oxygens (including phenoxy) is 1. The zero-order chi connectivity index (χ0) is 23.7. The van der Waals surface area contributed by atoms with Gasteiger partial charge in [0.2, 0.25) is 0 Å². The maximum absolute atomic E-state index is 15.5. The van der Waals surface area contributed by atoms with E-state index in [-0.39, 0.29) is 11.9 Å². The number of benzene rings is 1. The minimum Gasteiger partial charge on any atom is -0.377 e. The number of nitrogens with zero attached hydrogens (tertiary/aromatic N) is 5. The number of rotatable bonds is 6. The molecule has 0 saturated carbocycles. The monoisotopic (exact) mass is 460 g/mol. The summed E-state index contributed by atoms with van der Waals surface area (Å²) in [5.74, 6) is 1.37. The Bertz CT molecular complexity index is 1320. The molecule has 4 heterocycles. The number of halogens is 1. The van der Waals surface area contributed by atoms with Gasteiger partial charge < -0.3 is 20.4 Å². The average molecular weight is 461 g/mol. The minimum absolute atomic E-state index is 0.108. The summed E-state index contributed by atoms with van der Waals surface area (Å²) in [6.07, 6.45) is 4.50. The van der Waals surface area contributed by atoms with Crippen LogP contribution in [0.3, 0.4) is 0 Å². The van der Waals surface area contributed by atoms with E-state index < -0.39 is 0 Å². The van der Waals surface area contributed by atoms with Crippen LogP contribution in [-0.2, 0) is 11.8 Å². The molecule has 1 aliphatic heterocycles. The molecule has 5 rings (SSSR count). The fourth-order valence-corrected chi connectivity index (χ4v) is 4.22. The van der Waals surface area contributed by atoms with Gasteiger partial charge in [-0.05, 0) is 25.1 Å². The number of morpholine rings is 1. The number of H-pyrrole nitrogens is 1. The van der Waals surface area contributed by atoms with E-state index >= 15 is 4.39 Å². The summed E-state index contributed by atoms with van der Waals surface area (Å²) in [5.41, 5.74) is 2.99. The number of hydrogen-bond acceptors (Lipinski definition) is 7. The summed E-state index contributed by atoms with van der Waals surface area (Å²) in [7, 11) is 1.82. The van der Waals surface area contributed by atoms with Crippen molar-refractivity contribution in [2.24, 2.45) is 7.05 Å². The van der Waals surface area contributed by atoms with E-state index in [2.05, 4.69) is 32.4 Å². The number of nitrogens with one attached hydrogen (secondary N) is 3. The fourth-order valence-electron chi connectivity index (χ4n) is 4.22. The summed E-state index contributed by atoms with van der Waals surface area (Å²) >= 11 is 0. The van der Waals surface area contributed by atoms with Crippen LogP contribution in [0.2, 0.25) is 0 Å². The molecule has 0 unspecified atom stereocenters. The first-order valence-electron chi connectivity index (χ1n) is 11.0. The largest absolute Gasteiger partial charge is 0.377 e. The van der Waals surface area contributed by atoms with Gasteiger partial charge in [0.05, 0.1) is 31.1 Å². The van der Waals surface area contributed by atoms with E-state index in [0.717, 1.165) is 11.3 Å². The fraction of sp³-hybridized carbons (Fsp3) is 0.250. The number of pyridine rings is 1. The molecule has 1 saturated heterocycles. The smallest absolute Gasteiger partial charge is 0.143 e. The summed E-state index contributed by atoms with van der Waals surface area (Å²) in [4.78, 5) is 6.94. The number of aromatic amines is 1. The Morgan fingerprint density at radius 1 is 1.21 bits per heavy atom. The molecule has 3 N–H and O–H groups in total. The second-order valence-corrected chi connectivity index (χ2v) is 8.18. The van der Waals surface area contributed by atoms with Crippen LogP contribution in [0.25, 0.3) is 22.4 Å². The third kappa shape index (κ3) is 4.03. The van der Waals surface area contributed by atoms with E-state index in [1.807, 2.05) is 25.2 Å². The van der Waals surface area contributed by atoms with Crippen LogP contribution in [0.1, 0.15) is 12.5 Å². The highest BCUT2D eigenvalue weighted by molar-refractivity contribution is 5.96. The van der Waals surface area contributed by atoms with Crippen molar-refractivity contribution in [1.29, 1.82) is 5.41 Å². The molecule has 1 aromatic carbocycles. The van der Waals surface area contributed by atoms with Gasteiger partial charge in [-0.1, -0.05) is 12.1 Å². The Hall–Kier alpha value is -4.05. The van der Waals surface area contributed by atoms with Crippen LogP contribution in [-0.4, -0.2) is 57.0 Å². The SMILES string of the molecule is C[C@@H]1COCCN1c1cc(-c2ccc(-c3ccnn3C)cc2F)c(C=N)c(Nc2ccn[nH]2)n1. The molecule has 34 heavy (non-hydrogen) atoms. The molecular formula is C24H25FN8O. The molecule has 0 radical (unpaired) electrons. The first kappa shape index (κ1) is 21.8. The van der Waals surface area contributed by atoms with Gasteiger partial charge in [0, 0.05) is 54.3 Å². The van der Waals surface area contributed by atoms with Gasteiger partial charge in [-0.25, -0.2) is 9.37 Å². The van der Waals surface area contributed by atoms with Crippen molar-refractivity contribution in [3.8, 4) is 22.4 Å². The van der Waals surface area contributed by atoms with Gasteiger partial charge in [-0.2, -0.15) is 10.2 Å². The Labute approximate surface area is 196 Å². The third-order valence-electron chi connectivity index (χ3n) is 5.98. The van der Waals surface area contributed by atoms with Crippen LogP contribution in [0.4, 0.5) is 21.8 Å². The number of aromatic nitrogens is 5. The van der Waals surface area contributed by atoms with E-state index in [4.69, 9.17) is 15.1 Å². The van der Waals surface area contributed by atoms with Crippen molar-refractivity contribution in [3.63, 3.8) is 0 Å². The number of aryl methyl sites for hydroxylation is 1. The quantitative estimate of drug-likeness (QED) is 0.376. The summed E-state index contributed by atoms with van der Waals surface area (Å²) < 4.78 is 22.8. The molecule has 0 spiro atoms. The van der Waals surface area contributed by atoms with Crippen LogP contribution in [0, 0.1) is 11.2 Å². The lowest BCUT2D eigenvalue weighted by Gasteiger charge is -2.35. The molecule has 4 aromatic rings. The topological polar surface area (TPSA) is 108 Å². The van der Waals surface area contributed by atoms with Crippen molar-refractivity contribution < 1.29 is 9.13 Å². The molecule has 10 heteroatoms. The lowest BCUT2D eigenvalue weighted by atomic mass is 9.98. The highest BCUT2D eigenvalue weighted by Gasteiger charge is 2.24. The third-order valence-corrected chi connectivity index (χ3v) is 5.98. The van der Waals surface area contributed by atoms with Crippen molar-refractivity contribution in [3.05, 3.63) is 60.2 Å². The predicted molar refractivity (Wildman–Crippen MR) is 129 cm³/mol. The second kappa shape index (κ2) is 9.06. The Balaban J connectivity index is 1.65. The molecule has 1 fully saturated rings. The molecular weight excluding hydrogens is 435 g/mol. The van der Waals surface area contributed by atoms with Gasteiger partial charge in [-0.15, -0.1) is 0 Å². The van der Waals surface area contributed by atoms with Gasteiger partial charge in [0.25, 0.3) is 0 Å². The van der Waals surface area contributed by atoms with Crippen LogP contribution >= 0.6 is 0 Å². The molecule has 9 nitrogen and oxygen atoms in total. The highest BCUT2D eigenvalue weighted by atomic mass is 19.1. The summed E-state index contributed by atoms with van der Waals surface area (Å²) in [5, 5.41) is 22.3. The lowest BCUT2D eigenvalue weighted by Crippen LogP contribution is -2.44. The zero-order valence-electron chi connectivity index (χ0n) is 18.9. The summed E-state index contributed by atoms with van der Waals surface area (Å²) in [6.45, 7) is 3.91. The van der Waals surface area contributed by atoms with Crippen LogP contribution in [0.15, 0.2) is 48.8 Å². The van der Waals surface area contributed by atoms with Crippen molar-refractivity contribution in [2.75, 3.05) is 30.0 Å². The van der Waals surface area contributed by atoms with Crippen LogP contribution in [0.5, 0.6) is 0 Å². The van der Waals surface area contributed by atoms with Gasteiger partial charge in [0.1, 0.15) is 23.3 Å². The van der Waals surface area contributed by atoms with E-state index in [1.54, 1.807) is 29.2 Å². The van der Waals surface area contributed by atoms with E-state index in [1.165, 1.54) is 12.3 Å². The first-order chi connectivity index (χ1) is 16.5. The maximum Gasteiger partial charge on any atom is 0.143 e. The van der Waals surface area contributed by atoms with E-state index in [0.29, 0.717) is 53.9 Å². The molecule has 0 amide bonds. The van der Waals surface area contributed by atoms with Crippen molar-refractivity contribution >= 4 is 23.7 Å². The maximum atomic E-state index is 15.5. The Morgan fingerprint density at radius 2 is 2.09 bits per heavy atom. The van der Waals surface area contributed by atoms with E-state index in [9.17, 15) is 0 Å². The molecule has 1 aliphatic rings.